The predicted octanol–water partition coefficient (Wildman–Crippen LogP) is 3.05. The van der Waals surface area contributed by atoms with Gasteiger partial charge < -0.3 is 24.5 Å². The van der Waals surface area contributed by atoms with Crippen molar-refractivity contribution < 1.29 is 27.4 Å². The van der Waals surface area contributed by atoms with Crippen molar-refractivity contribution in [1.29, 1.82) is 0 Å². The van der Waals surface area contributed by atoms with E-state index in [0.717, 1.165) is 51.0 Å². The summed E-state index contributed by atoms with van der Waals surface area (Å²) in [5, 5.41) is 3.24. The lowest BCUT2D eigenvalue weighted by Gasteiger charge is -2.42. The number of aldehydes is 1. The second-order valence-electron chi connectivity index (χ2n) is 8.04. The Kier molecular flexibility index (Phi) is 9.21. The van der Waals surface area contributed by atoms with Crippen LogP contribution in [0.5, 0.6) is 0 Å². The van der Waals surface area contributed by atoms with E-state index in [0.29, 0.717) is 25.4 Å². The van der Waals surface area contributed by atoms with Crippen LogP contribution in [0.1, 0.15) is 44.9 Å². The van der Waals surface area contributed by atoms with Gasteiger partial charge in [-0.25, -0.2) is 0 Å². The molecule has 0 spiro atoms. The van der Waals surface area contributed by atoms with Crippen molar-refractivity contribution >= 4 is 6.29 Å². The Labute approximate surface area is 176 Å². The second-order valence-corrected chi connectivity index (χ2v) is 8.04. The number of carbonyl (C=O) groups is 1. The van der Waals surface area contributed by atoms with E-state index >= 15 is 0 Å². The first-order valence-electron chi connectivity index (χ1n) is 10.3. The van der Waals surface area contributed by atoms with Gasteiger partial charge >= 0.3 is 6.18 Å². The minimum Gasteiger partial charge on any atom is -0.377 e. The number of pyridine rings is 1. The Morgan fingerprint density at radius 2 is 1.97 bits per heavy atom. The molecule has 1 N–H and O–H groups in total. The molecule has 1 aliphatic rings. The fourth-order valence-electron chi connectivity index (χ4n) is 3.48. The fourth-order valence-corrected chi connectivity index (χ4v) is 3.48. The lowest BCUT2D eigenvalue weighted by Crippen LogP contribution is -2.53. The van der Waals surface area contributed by atoms with E-state index in [4.69, 9.17) is 9.47 Å². The van der Waals surface area contributed by atoms with Gasteiger partial charge in [-0.05, 0) is 45.7 Å². The van der Waals surface area contributed by atoms with Gasteiger partial charge in [0.15, 0.2) is 0 Å². The summed E-state index contributed by atoms with van der Waals surface area (Å²) in [6, 6.07) is 2.40. The Morgan fingerprint density at radius 1 is 1.27 bits per heavy atom. The molecule has 30 heavy (non-hydrogen) atoms. The van der Waals surface area contributed by atoms with Gasteiger partial charge in [-0.2, -0.15) is 13.2 Å². The molecule has 0 saturated carbocycles. The molecule has 2 rings (SSSR count). The van der Waals surface area contributed by atoms with Gasteiger partial charge in [0.05, 0.1) is 29.6 Å². The van der Waals surface area contributed by atoms with Crippen molar-refractivity contribution in [2.24, 2.45) is 0 Å². The van der Waals surface area contributed by atoms with Gasteiger partial charge in [-0.15, -0.1) is 0 Å². The Balaban J connectivity index is 1.88. The number of rotatable bonds is 11. The van der Waals surface area contributed by atoms with E-state index in [1.54, 1.807) is 6.92 Å². The molecule has 0 bridgehead atoms. The third-order valence-electron chi connectivity index (χ3n) is 5.16. The average molecular weight is 431 g/mol. The van der Waals surface area contributed by atoms with E-state index in [9.17, 15) is 18.0 Å². The van der Waals surface area contributed by atoms with Gasteiger partial charge in [0.25, 0.3) is 0 Å². The molecule has 9 heteroatoms. The van der Waals surface area contributed by atoms with Crippen LogP contribution in [0.15, 0.2) is 18.3 Å². The van der Waals surface area contributed by atoms with E-state index in [-0.39, 0.29) is 6.10 Å². The summed E-state index contributed by atoms with van der Waals surface area (Å²) in [5.74, 6) is 0. The highest BCUT2D eigenvalue weighted by Gasteiger charge is 2.36. The van der Waals surface area contributed by atoms with E-state index in [1.165, 1.54) is 6.07 Å². The van der Waals surface area contributed by atoms with Crippen LogP contribution in [-0.4, -0.2) is 66.8 Å². The topological polar surface area (TPSA) is 63.7 Å². The number of hydrogen-bond acceptors (Lipinski definition) is 6. The summed E-state index contributed by atoms with van der Waals surface area (Å²) in [5.41, 5.74) is -0.744. The lowest BCUT2D eigenvalue weighted by atomic mass is 9.90. The lowest BCUT2D eigenvalue weighted by molar-refractivity contribution is -0.140. The number of hydrogen-bond donors (Lipinski definition) is 1. The Hall–Kier alpha value is -1.55. The summed E-state index contributed by atoms with van der Waals surface area (Å²) in [4.78, 5) is 17.3. The molecule has 1 aromatic rings. The van der Waals surface area contributed by atoms with Crippen LogP contribution >= 0.6 is 0 Å². The van der Waals surface area contributed by atoms with Crippen LogP contribution in [-0.2, 0) is 27.0 Å². The number of likely N-dealkylation sites (tertiary alicyclic amines) is 1. The van der Waals surface area contributed by atoms with Gasteiger partial charge in [-0.3, -0.25) is 4.98 Å². The van der Waals surface area contributed by atoms with E-state index < -0.39 is 23.4 Å². The maximum Gasteiger partial charge on any atom is 0.417 e. The molecular formula is C21H32F3N3O3. The number of nitrogens with one attached hydrogen (secondary N) is 1. The summed E-state index contributed by atoms with van der Waals surface area (Å²) in [7, 11) is 0. The highest BCUT2D eigenvalue weighted by Crippen LogP contribution is 2.29. The zero-order valence-corrected chi connectivity index (χ0v) is 17.9. The van der Waals surface area contributed by atoms with Crippen molar-refractivity contribution in [2.45, 2.75) is 64.1 Å². The maximum absolute atomic E-state index is 12.7. The third kappa shape index (κ3) is 7.94. The number of piperidine rings is 1. The summed E-state index contributed by atoms with van der Waals surface area (Å²) in [6.45, 7) is 9.72. The Bertz CT molecular complexity index is 645. The first-order chi connectivity index (χ1) is 14.1. The van der Waals surface area contributed by atoms with E-state index in [1.807, 2.05) is 13.8 Å². The smallest absolute Gasteiger partial charge is 0.377 e. The minimum absolute atomic E-state index is 0.202. The Morgan fingerprint density at radius 3 is 2.50 bits per heavy atom. The monoisotopic (exact) mass is 431 g/mol. The average Bonchev–Trinajstić information content (AvgIpc) is 2.69. The molecule has 1 aromatic heterocycles. The van der Waals surface area contributed by atoms with Crippen molar-refractivity contribution in [1.82, 2.24) is 15.2 Å². The quantitative estimate of drug-likeness (QED) is 0.544. The first-order valence-corrected chi connectivity index (χ1v) is 10.3. The van der Waals surface area contributed by atoms with Crippen LogP contribution in [0, 0.1) is 0 Å². The second kappa shape index (κ2) is 11.2. The van der Waals surface area contributed by atoms with Gasteiger partial charge in [0, 0.05) is 38.9 Å². The summed E-state index contributed by atoms with van der Waals surface area (Å²) < 4.78 is 49.6. The maximum atomic E-state index is 12.7. The normalized spacial score (nSPS) is 18.5. The summed E-state index contributed by atoms with van der Waals surface area (Å²) in [6.07, 6.45) is -1.59. The largest absolute Gasteiger partial charge is 0.417 e. The van der Waals surface area contributed by atoms with Crippen LogP contribution in [0.4, 0.5) is 13.2 Å². The summed E-state index contributed by atoms with van der Waals surface area (Å²) >= 11 is 0. The zero-order chi connectivity index (χ0) is 22.2. The van der Waals surface area contributed by atoms with Crippen molar-refractivity contribution in [2.75, 3.05) is 32.8 Å². The molecule has 1 fully saturated rings. The van der Waals surface area contributed by atoms with Crippen LogP contribution < -0.4 is 5.32 Å². The molecule has 2 heterocycles. The molecular weight excluding hydrogens is 399 g/mol. The fraction of sp³-hybridized carbons (Fsp3) is 0.714. The highest BCUT2D eigenvalue weighted by atomic mass is 19.4. The van der Waals surface area contributed by atoms with Gasteiger partial charge in [-0.1, -0.05) is 0 Å². The van der Waals surface area contributed by atoms with Gasteiger partial charge in [0.2, 0.25) is 0 Å². The molecule has 1 saturated heterocycles. The molecule has 1 atom stereocenters. The number of carbonyl (C=O) groups excluding carboxylic acids is 1. The van der Waals surface area contributed by atoms with Crippen molar-refractivity contribution in [3.05, 3.63) is 29.6 Å². The van der Waals surface area contributed by atoms with Crippen molar-refractivity contribution in [3.63, 3.8) is 0 Å². The molecule has 170 valence electrons. The number of halogens is 3. The molecule has 0 aliphatic carbocycles. The first kappa shape index (κ1) is 24.7. The standard InChI is InChI=1S/C21H32F3N3O3/c1-16(2)29-11-10-27-8-6-20(7-9-27,30-17(3)14-28)15-25-13-19-5-4-18(12-26-19)21(22,23)24/h4-5,12,14,16-17,25H,6-11,13,15H2,1-3H3. The molecule has 0 amide bonds. The molecule has 1 unspecified atom stereocenters. The third-order valence-corrected chi connectivity index (χ3v) is 5.16. The molecule has 0 radical (unpaired) electrons. The van der Waals surface area contributed by atoms with Crippen LogP contribution in [0.2, 0.25) is 0 Å². The molecule has 6 nitrogen and oxygen atoms in total. The number of ether oxygens (including phenoxy) is 2. The number of nitrogens with zero attached hydrogens (tertiary/aromatic N) is 2. The molecule has 1 aliphatic heterocycles. The predicted molar refractivity (Wildman–Crippen MR) is 107 cm³/mol. The van der Waals surface area contributed by atoms with Crippen LogP contribution in [0.25, 0.3) is 0 Å². The molecule has 0 aromatic carbocycles. The van der Waals surface area contributed by atoms with E-state index in [2.05, 4.69) is 15.2 Å². The SMILES string of the molecule is CC(C)OCCN1CCC(CNCc2ccc(C(F)(F)F)cn2)(OC(C)C=O)CC1. The zero-order valence-electron chi connectivity index (χ0n) is 17.9. The van der Waals surface area contributed by atoms with Crippen molar-refractivity contribution in [3.8, 4) is 0 Å². The minimum atomic E-state index is -4.39. The number of alkyl halides is 3. The number of aromatic nitrogens is 1. The van der Waals surface area contributed by atoms with Gasteiger partial charge in [0.1, 0.15) is 12.4 Å². The highest BCUT2D eigenvalue weighted by molar-refractivity contribution is 5.55. The van der Waals surface area contributed by atoms with Crippen LogP contribution in [0.3, 0.4) is 0 Å².